The molecule has 3 heterocycles. The number of aromatic amines is 1. The van der Waals surface area contributed by atoms with Crippen molar-refractivity contribution in [1.29, 1.82) is 0 Å². The van der Waals surface area contributed by atoms with Gasteiger partial charge in [0.2, 0.25) is 0 Å². The van der Waals surface area contributed by atoms with Crippen molar-refractivity contribution in [3.8, 4) is 16.9 Å². The Morgan fingerprint density at radius 2 is 1.97 bits per heavy atom. The Balaban J connectivity index is 1.77. The summed E-state index contributed by atoms with van der Waals surface area (Å²) in [7, 11) is 3.45. The highest BCUT2D eigenvalue weighted by Crippen LogP contribution is 2.41. The van der Waals surface area contributed by atoms with E-state index in [-0.39, 0.29) is 5.84 Å². The molecule has 0 spiro atoms. The molecule has 0 aliphatic heterocycles. The minimum atomic E-state index is 0.282. The second-order valence-corrected chi connectivity index (χ2v) is 8.61. The third-order valence-corrected chi connectivity index (χ3v) is 6.15. The van der Waals surface area contributed by atoms with Crippen molar-refractivity contribution in [1.82, 2.24) is 20.1 Å². The molecule has 0 aliphatic rings. The molecule has 10 heteroatoms. The van der Waals surface area contributed by atoms with Crippen molar-refractivity contribution >= 4 is 50.9 Å². The molecular weight excluding hydrogens is 466 g/mol. The number of aryl methyl sites for hydroxylation is 3. The van der Waals surface area contributed by atoms with Crippen molar-refractivity contribution in [2.45, 2.75) is 20.8 Å². The number of nitrogens with zero attached hydrogens (tertiary/aromatic N) is 4. The maximum atomic E-state index is 6.44. The molecule has 178 valence electrons. The lowest BCUT2D eigenvalue weighted by Gasteiger charge is -2.10. The molecule has 0 aliphatic carbocycles. The molecule has 0 radical (unpaired) electrons. The third-order valence-electron chi connectivity index (χ3n) is 5.92. The molecule has 5 rings (SSSR count). The van der Waals surface area contributed by atoms with E-state index in [2.05, 4.69) is 25.4 Å². The molecule has 0 bridgehead atoms. The molecule has 0 saturated carbocycles. The van der Waals surface area contributed by atoms with Crippen LogP contribution in [-0.4, -0.2) is 40.1 Å². The molecule has 3 aromatic heterocycles. The van der Waals surface area contributed by atoms with Crippen molar-refractivity contribution in [2.75, 3.05) is 19.5 Å². The number of H-pyrrole nitrogens is 1. The lowest BCUT2D eigenvalue weighted by molar-refractivity contribution is 0.393. The predicted octanol–water partition coefficient (Wildman–Crippen LogP) is 5.43. The topological polar surface area (TPSA) is 127 Å². The SMILES string of the molecule is CNc1ccc(Cl)cc1C(N)=Nc1nc(C)nc2[nH]c3cc(-c4c(C)noc4C)c(OC)cc3c12. The number of aromatic nitrogens is 4. The van der Waals surface area contributed by atoms with Crippen LogP contribution in [0, 0.1) is 20.8 Å². The van der Waals surface area contributed by atoms with Gasteiger partial charge in [0.05, 0.1) is 23.8 Å². The second kappa shape index (κ2) is 8.59. The molecule has 0 saturated heterocycles. The molecule has 0 fully saturated rings. The monoisotopic (exact) mass is 489 g/mol. The number of amidine groups is 1. The lowest BCUT2D eigenvalue weighted by atomic mass is 10.0. The number of anilines is 1. The molecule has 5 aromatic rings. The highest BCUT2D eigenvalue weighted by atomic mass is 35.5. The molecule has 0 amide bonds. The first-order valence-corrected chi connectivity index (χ1v) is 11.3. The highest BCUT2D eigenvalue weighted by Gasteiger charge is 2.21. The number of halogens is 1. The summed E-state index contributed by atoms with van der Waals surface area (Å²) in [5.41, 5.74) is 12.0. The van der Waals surface area contributed by atoms with E-state index in [0.29, 0.717) is 39.4 Å². The molecule has 2 aromatic carbocycles. The van der Waals surface area contributed by atoms with Crippen LogP contribution in [0.2, 0.25) is 5.02 Å². The van der Waals surface area contributed by atoms with Crippen LogP contribution in [-0.2, 0) is 0 Å². The minimum Gasteiger partial charge on any atom is -0.496 e. The molecule has 0 atom stereocenters. The van der Waals surface area contributed by atoms with Crippen LogP contribution >= 0.6 is 11.6 Å². The molecular formula is C25H24ClN7O2. The van der Waals surface area contributed by atoms with Gasteiger partial charge in [0, 0.05) is 39.8 Å². The molecule has 9 nitrogen and oxygen atoms in total. The number of rotatable bonds is 5. The van der Waals surface area contributed by atoms with Crippen LogP contribution in [0.1, 0.15) is 22.8 Å². The summed E-state index contributed by atoms with van der Waals surface area (Å²) in [6, 6.07) is 9.37. The Labute approximate surface area is 206 Å². The maximum absolute atomic E-state index is 6.44. The van der Waals surface area contributed by atoms with Gasteiger partial charge in [-0.2, -0.15) is 0 Å². The van der Waals surface area contributed by atoms with Crippen molar-refractivity contribution in [3.05, 3.63) is 58.2 Å². The standard InChI is InChI=1S/C25H24ClN7O2/c1-11-21(12(2)35-33-11)17-9-19-15(10-20(17)34-5)22-24(31-19)29-13(3)30-25(22)32-23(27)16-8-14(26)6-7-18(16)28-4/h6-10,28H,1-5H3,(H3,27,29,30,31,32). The van der Waals surface area contributed by atoms with Gasteiger partial charge >= 0.3 is 0 Å². The summed E-state index contributed by atoms with van der Waals surface area (Å²) in [5.74, 6) is 2.68. The van der Waals surface area contributed by atoms with Crippen molar-refractivity contribution in [2.24, 2.45) is 10.7 Å². The quantitative estimate of drug-likeness (QED) is 0.222. The zero-order valence-corrected chi connectivity index (χ0v) is 20.7. The van der Waals surface area contributed by atoms with Gasteiger partial charge < -0.3 is 25.3 Å². The summed E-state index contributed by atoms with van der Waals surface area (Å²) in [6.07, 6.45) is 0. The number of hydrogen-bond donors (Lipinski definition) is 3. The highest BCUT2D eigenvalue weighted by molar-refractivity contribution is 6.31. The number of hydrogen-bond acceptors (Lipinski definition) is 7. The van der Waals surface area contributed by atoms with Gasteiger partial charge in [0.15, 0.2) is 5.82 Å². The van der Waals surface area contributed by atoms with E-state index in [9.17, 15) is 0 Å². The normalized spacial score (nSPS) is 12.0. The largest absolute Gasteiger partial charge is 0.496 e. The number of nitrogens with two attached hydrogens (primary N) is 1. The predicted molar refractivity (Wildman–Crippen MR) is 139 cm³/mol. The number of ether oxygens (including phenoxy) is 1. The van der Waals surface area contributed by atoms with Crippen LogP contribution in [0.4, 0.5) is 11.5 Å². The number of benzene rings is 2. The first kappa shape index (κ1) is 22.7. The zero-order chi connectivity index (χ0) is 24.9. The van der Waals surface area contributed by atoms with Gasteiger partial charge in [-0.25, -0.2) is 15.0 Å². The van der Waals surface area contributed by atoms with E-state index >= 15 is 0 Å². The average molecular weight is 490 g/mol. The van der Waals surface area contributed by atoms with Crippen molar-refractivity contribution in [3.63, 3.8) is 0 Å². The summed E-state index contributed by atoms with van der Waals surface area (Å²) in [6.45, 7) is 5.60. The fourth-order valence-corrected chi connectivity index (χ4v) is 4.52. The molecule has 35 heavy (non-hydrogen) atoms. The van der Waals surface area contributed by atoms with Crippen LogP contribution < -0.4 is 15.8 Å². The smallest absolute Gasteiger partial charge is 0.168 e. The fourth-order valence-electron chi connectivity index (χ4n) is 4.35. The summed E-state index contributed by atoms with van der Waals surface area (Å²) < 4.78 is 11.1. The Kier molecular flexibility index (Phi) is 5.56. The van der Waals surface area contributed by atoms with Gasteiger partial charge in [0.25, 0.3) is 0 Å². The van der Waals surface area contributed by atoms with E-state index in [0.717, 1.165) is 38.8 Å². The second-order valence-electron chi connectivity index (χ2n) is 8.18. The third kappa shape index (κ3) is 3.83. The first-order chi connectivity index (χ1) is 16.8. The Morgan fingerprint density at radius 1 is 1.17 bits per heavy atom. The van der Waals surface area contributed by atoms with Crippen LogP contribution in [0.15, 0.2) is 39.8 Å². The van der Waals surface area contributed by atoms with Gasteiger partial charge in [-0.05, 0) is 51.1 Å². The summed E-state index contributed by atoms with van der Waals surface area (Å²) >= 11 is 6.22. The van der Waals surface area contributed by atoms with Crippen LogP contribution in [0.25, 0.3) is 33.1 Å². The summed E-state index contributed by atoms with van der Waals surface area (Å²) in [5, 5.41) is 9.37. The lowest BCUT2D eigenvalue weighted by Crippen LogP contribution is -2.15. The van der Waals surface area contributed by atoms with E-state index in [1.165, 1.54) is 0 Å². The first-order valence-electron chi connectivity index (χ1n) is 10.9. The van der Waals surface area contributed by atoms with E-state index in [1.807, 2.05) is 46.0 Å². The van der Waals surface area contributed by atoms with Crippen LogP contribution in [0.3, 0.4) is 0 Å². The summed E-state index contributed by atoms with van der Waals surface area (Å²) in [4.78, 5) is 17.3. The van der Waals surface area contributed by atoms with Gasteiger partial charge in [0.1, 0.15) is 28.8 Å². The van der Waals surface area contributed by atoms with E-state index in [1.54, 1.807) is 19.2 Å². The van der Waals surface area contributed by atoms with Gasteiger partial charge in [-0.1, -0.05) is 16.8 Å². The van der Waals surface area contributed by atoms with Gasteiger partial charge in [-0.15, -0.1) is 0 Å². The minimum absolute atomic E-state index is 0.282. The van der Waals surface area contributed by atoms with E-state index in [4.69, 9.17) is 31.6 Å². The Hall–Kier alpha value is -4.11. The molecule has 0 unspecified atom stereocenters. The molecule has 4 N–H and O–H groups in total. The average Bonchev–Trinajstić information content (AvgIpc) is 3.35. The Morgan fingerprint density at radius 3 is 2.66 bits per heavy atom. The zero-order valence-electron chi connectivity index (χ0n) is 19.9. The maximum Gasteiger partial charge on any atom is 0.168 e. The number of fused-ring (bicyclic) bond motifs is 3. The van der Waals surface area contributed by atoms with Crippen molar-refractivity contribution < 1.29 is 9.26 Å². The van der Waals surface area contributed by atoms with E-state index < -0.39 is 0 Å². The fraction of sp³-hybridized carbons (Fsp3) is 0.200. The number of nitrogens with one attached hydrogen (secondary N) is 2. The number of methoxy groups -OCH3 is 1. The Bertz CT molecular complexity index is 1620. The number of aliphatic imine (C=N–C) groups is 1. The van der Waals surface area contributed by atoms with Crippen LogP contribution in [0.5, 0.6) is 5.75 Å². The van der Waals surface area contributed by atoms with Gasteiger partial charge in [-0.3, -0.25) is 0 Å².